The number of nitrogens with zero attached hydrogens (tertiary/aromatic N) is 5. The van der Waals surface area contributed by atoms with Gasteiger partial charge in [-0.15, -0.1) is 15.3 Å². The van der Waals surface area contributed by atoms with Crippen molar-refractivity contribution in [2.75, 3.05) is 5.43 Å². The maximum absolute atomic E-state index is 14.2. The van der Waals surface area contributed by atoms with Gasteiger partial charge in [0.25, 0.3) is 0 Å². The number of halogens is 2. The fraction of sp³-hybridized carbons (Fsp3) is 0. The molecule has 4 rings (SSSR count). The van der Waals surface area contributed by atoms with Gasteiger partial charge in [-0.2, -0.15) is 9.62 Å². The van der Waals surface area contributed by atoms with Crippen LogP contribution in [0.3, 0.4) is 0 Å². The van der Waals surface area contributed by atoms with E-state index in [1.807, 2.05) is 0 Å². The van der Waals surface area contributed by atoms with E-state index >= 15 is 0 Å². The van der Waals surface area contributed by atoms with E-state index in [-0.39, 0.29) is 27.9 Å². The van der Waals surface area contributed by atoms with E-state index in [4.69, 9.17) is 11.6 Å². The summed E-state index contributed by atoms with van der Waals surface area (Å²) < 4.78 is 15.6. The summed E-state index contributed by atoms with van der Waals surface area (Å²) in [6, 6.07) is 11.7. The first-order valence-electron chi connectivity index (χ1n) is 8.01. The molecule has 0 aliphatic rings. The zero-order chi connectivity index (χ0) is 19.7. The van der Waals surface area contributed by atoms with E-state index in [0.29, 0.717) is 17.0 Å². The molecule has 10 heteroatoms. The number of phenols is 2. The number of fused-ring (bicyclic) bond motifs is 1. The van der Waals surface area contributed by atoms with Gasteiger partial charge in [0.2, 0.25) is 0 Å². The maximum Gasteiger partial charge on any atom is 0.189 e. The average molecular weight is 399 g/mol. The lowest BCUT2D eigenvalue weighted by molar-refractivity contribution is 0.450. The molecule has 0 fully saturated rings. The van der Waals surface area contributed by atoms with Crippen LogP contribution in [0.15, 0.2) is 53.6 Å². The lowest BCUT2D eigenvalue weighted by atomic mass is 10.2. The van der Waals surface area contributed by atoms with Crippen molar-refractivity contribution in [3.8, 4) is 22.9 Å². The van der Waals surface area contributed by atoms with Crippen molar-refractivity contribution < 1.29 is 14.6 Å². The van der Waals surface area contributed by atoms with Gasteiger partial charge in [0.1, 0.15) is 17.3 Å². The summed E-state index contributed by atoms with van der Waals surface area (Å²) >= 11 is 6.11. The summed E-state index contributed by atoms with van der Waals surface area (Å²) in [7, 11) is 0. The third kappa shape index (κ3) is 3.30. The van der Waals surface area contributed by atoms with Crippen LogP contribution in [-0.2, 0) is 0 Å². The van der Waals surface area contributed by atoms with E-state index in [2.05, 4.69) is 25.8 Å². The first-order valence-corrected chi connectivity index (χ1v) is 8.38. The summed E-state index contributed by atoms with van der Waals surface area (Å²) in [6.45, 7) is 0. The molecular formula is C18H12ClFN6O2. The second-order valence-corrected chi connectivity index (χ2v) is 6.13. The number of hydrogen-bond acceptors (Lipinski definition) is 7. The molecule has 0 atom stereocenters. The lowest BCUT2D eigenvalue weighted by Gasteiger charge is -2.05. The number of benzene rings is 2. The lowest BCUT2D eigenvalue weighted by Crippen LogP contribution is -2.01. The second kappa shape index (κ2) is 7.12. The molecule has 0 radical (unpaired) electrons. The van der Waals surface area contributed by atoms with E-state index in [9.17, 15) is 14.6 Å². The molecule has 0 spiro atoms. The second-order valence-electron chi connectivity index (χ2n) is 5.72. The fourth-order valence-corrected chi connectivity index (χ4v) is 2.77. The highest BCUT2D eigenvalue weighted by atomic mass is 35.5. The Morgan fingerprint density at radius 3 is 2.75 bits per heavy atom. The molecule has 2 heterocycles. The zero-order valence-corrected chi connectivity index (χ0v) is 14.8. The average Bonchev–Trinajstić information content (AvgIpc) is 3.06. The standard InChI is InChI=1S/C18H12ClFN6O2/c19-12-2-1-3-13(20)17(12)18-24-23-16-7-6-15(25-26(16)18)22-21-9-10-4-5-11(27)8-14(10)28/h1-9,27-28H,(H,22,25)/b21-9-. The summed E-state index contributed by atoms with van der Waals surface area (Å²) in [6.07, 6.45) is 1.36. The van der Waals surface area contributed by atoms with Crippen LogP contribution in [0.2, 0.25) is 5.02 Å². The van der Waals surface area contributed by atoms with Crippen molar-refractivity contribution in [3.05, 3.63) is 64.9 Å². The third-order valence-corrected chi connectivity index (χ3v) is 4.16. The van der Waals surface area contributed by atoms with Gasteiger partial charge in [-0.05, 0) is 36.4 Å². The van der Waals surface area contributed by atoms with Crippen LogP contribution in [0, 0.1) is 5.82 Å². The van der Waals surface area contributed by atoms with Gasteiger partial charge in [0, 0.05) is 11.6 Å². The Balaban J connectivity index is 1.65. The number of aromatic hydroxyl groups is 2. The molecule has 0 saturated carbocycles. The number of anilines is 1. The van der Waals surface area contributed by atoms with Gasteiger partial charge in [-0.3, -0.25) is 5.43 Å². The van der Waals surface area contributed by atoms with E-state index in [1.54, 1.807) is 18.2 Å². The molecule has 0 amide bonds. The van der Waals surface area contributed by atoms with Crippen molar-refractivity contribution >= 4 is 29.3 Å². The van der Waals surface area contributed by atoms with Crippen molar-refractivity contribution in [1.29, 1.82) is 0 Å². The van der Waals surface area contributed by atoms with Crippen LogP contribution < -0.4 is 5.43 Å². The summed E-state index contributed by atoms with van der Waals surface area (Å²) in [5.41, 5.74) is 3.60. The first kappa shape index (κ1) is 17.7. The Morgan fingerprint density at radius 1 is 1.11 bits per heavy atom. The van der Waals surface area contributed by atoms with Gasteiger partial charge in [0.05, 0.1) is 16.8 Å². The van der Waals surface area contributed by atoms with Crippen molar-refractivity contribution in [1.82, 2.24) is 19.8 Å². The van der Waals surface area contributed by atoms with Crippen LogP contribution in [0.1, 0.15) is 5.56 Å². The Bertz CT molecular complexity index is 1190. The molecule has 4 aromatic rings. The van der Waals surface area contributed by atoms with Crippen LogP contribution in [-0.4, -0.2) is 36.2 Å². The Morgan fingerprint density at radius 2 is 1.96 bits per heavy atom. The predicted molar refractivity (Wildman–Crippen MR) is 102 cm³/mol. The van der Waals surface area contributed by atoms with Crippen LogP contribution >= 0.6 is 11.6 Å². The van der Waals surface area contributed by atoms with Gasteiger partial charge in [-0.25, -0.2) is 4.39 Å². The molecule has 8 nitrogen and oxygen atoms in total. The molecule has 0 unspecified atom stereocenters. The molecule has 3 N–H and O–H groups in total. The highest BCUT2D eigenvalue weighted by Crippen LogP contribution is 2.29. The minimum atomic E-state index is -0.539. The zero-order valence-electron chi connectivity index (χ0n) is 14.1. The molecule has 0 saturated heterocycles. The molecule has 140 valence electrons. The Kier molecular flexibility index (Phi) is 4.50. The number of hydrazone groups is 1. The minimum absolute atomic E-state index is 0.0540. The number of phenolic OH excluding ortho intramolecular Hbond substituents is 2. The van der Waals surface area contributed by atoms with E-state index < -0.39 is 5.82 Å². The molecule has 0 bridgehead atoms. The minimum Gasteiger partial charge on any atom is -0.508 e. The molecule has 2 aromatic carbocycles. The van der Waals surface area contributed by atoms with Crippen molar-refractivity contribution in [2.45, 2.75) is 0 Å². The van der Waals surface area contributed by atoms with Gasteiger partial charge < -0.3 is 10.2 Å². The topological polar surface area (TPSA) is 108 Å². The van der Waals surface area contributed by atoms with Crippen LogP contribution in [0.4, 0.5) is 10.2 Å². The summed E-state index contributed by atoms with van der Waals surface area (Å²) in [4.78, 5) is 0. The maximum atomic E-state index is 14.2. The largest absolute Gasteiger partial charge is 0.508 e. The molecule has 2 aromatic heterocycles. The van der Waals surface area contributed by atoms with Crippen molar-refractivity contribution in [2.24, 2.45) is 5.10 Å². The number of rotatable bonds is 4. The Labute approximate surface area is 162 Å². The van der Waals surface area contributed by atoms with Gasteiger partial charge >= 0.3 is 0 Å². The predicted octanol–water partition coefficient (Wildman–Crippen LogP) is 3.44. The molecule has 28 heavy (non-hydrogen) atoms. The van der Waals surface area contributed by atoms with Gasteiger partial charge in [-0.1, -0.05) is 17.7 Å². The number of hydrogen-bond donors (Lipinski definition) is 3. The van der Waals surface area contributed by atoms with E-state index in [1.165, 1.54) is 41.1 Å². The monoisotopic (exact) mass is 398 g/mol. The quantitative estimate of drug-likeness (QED) is 0.359. The van der Waals surface area contributed by atoms with E-state index in [0.717, 1.165) is 0 Å². The number of aromatic nitrogens is 4. The fourth-order valence-electron chi connectivity index (χ4n) is 2.53. The summed E-state index contributed by atoms with van der Waals surface area (Å²) in [5.74, 6) is -0.230. The normalized spacial score (nSPS) is 11.4. The van der Waals surface area contributed by atoms with Gasteiger partial charge in [0.15, 0.2) is 17.3 Å². The molecule has 0 aliphatic heterocycles. The molecular weight excluding hydrogens is 387 g/mol. The van der Waals surface area contributed by atoms with Crippen LogP contribution in [0.25, 0.3) is 17.0 Å². The van der Waals surface area contributed by atoms with Crippen molar-refractivity contribution in [3.63, 3.8) is 0 Å². The molecule has 0 aliphatic carbocycles. The summed E-state index contributed by atoms with van der Waals surface area (Å²) in [5, 5.41) is 35.5. The smallest absolute Gasteiger partial charge is 0.189 e. The highest BCUT2D eigenvalue weighted by Gasteiger charge is 2.17. The van der Waals surface area contributed by atoms with Crippen LogP contribution in [0.5, 0.6) is 11.5 Å². The first-order chi connectivity index (χ1) is 13.5. The Hall–Kier alpha value is -3.72. The SMILES string of the molecule is Oc1ccc(/C=N\Nc2ccc3nnc(-c4c(F)cccc4Cl)n3n2)c(O)c1. The third-order valence-electron chi connectivity index (χ3n) is 3.85. The number of nitrogens with one attached hydrogen (secondary N) is 1. The highest BCUT2D eigenvalue weighted by molar-refractivity contribution is 6.33.